The molecule has 1 atom stereocenters. The average Bonchev–Trinajstić information content (AvgIpc) is 2.61. The molecule has 3 rings (SSSR count). The minimum atomic E-state index is -3.75. The first-order valence-electron chi connectivity index (χ1n) is 7.87. The lowest BCUT2D eigenvalue weighted by Crippen LogP contribution is -2.03. The lowest BCUT2D eigenvalue weighted by molar-refractivity contribution is 0.598. The van der Waals surface area contributed by atoms with Gasteiger partial charge in [0.1, 0.15) is 0 Å². The highest BCUT2D eigenvalue weighted by molar-refractivity contribution is 8.00. The first kappa shape index (κ1) is 17.6. The largest absolute Gasteiger partial charge is 0.288 e. The monoisotopic (exact) mass is 369 g/mol. The van der Waals surface area contributed by atoms with E-state index in [1.807, 2.05) is 68.4 Å². The summed E-state index contributed by atoms with van der Waals surface area (Å²) in [6, 6.07) is 24.1. The van der Waals surface area contributed by atoms with Gasteiger partial charge in [0.05, 0.1) is 4.90 Å². The normalized spacial score (nSPS) is 12.9. The number of sulfonamides is 1. The van der Waals surface area contributed by atoms with E-state index in [9.17, 15) is 8.42 Å². The summed E-state index contributed by atoms with van der Waals surface area (Å²) in [6.07, 6.45) is 0. The lowest BCUT2D eigenvalue weighted by Gasteiger charge is -2.12. The standard InChI is InChI=1S/C20H19NO2S2/c1-16-12-14-19(15-13-16)25(22,23)21-24(18-9-4-3-5-10-18)20-11-7-6-8-17(20)2/h3-15H,1-2H3/t24-/m0/s1. The Morgan fingerprint density at radius 1 is 0.760 bits per heavy atom. The molecular weight excluding hydrogens is 350 g/mol. The van der Waals surface area contributed by atoms with Crippen LogP contribution in [0.2, 0.25) is 0 Å². The molecule has 5 heteroatoms. The van der Waals surface area contributed by atoms with Gasteiger partial charge in [0.2, 0.25) is 0 Å². The summed E-state index contributed by atoms with van der Waals surface area (Å²) in [5.74, 6) is 0. The Kier molecular flexibility index (Phi) is 5.16. The van der Waals surface area contributed by atoms with Crippen LogP contribution in [-0.4, -0.2) is 8.42 Å². The molecule has 0 heterocycles. The van der Waals surface area contributed by atoms with Gasteiger partial charge in [-0.1, -0.05) is 54.1 Å². The number of aryl methyl sites for hydroxylation is 2. The summed E-state index contributed by atoms with van der Waals surface area (Å²) in [5, 5.41) is 0. The molecule has 0 aromatic heterocycles. The Morgan fingerprint density at radius 3 is 2.00 bits per heavy atom. The smallest absolute Gasteiger partial charge is 0.199 e. The van der Waals surface area contributed by atoms with E-state index >= 15 is 0 Å². The maximum Gasteiger partial charge on any atom is 0.288 e. The molecule has 3 aromatic carbocycles. The highest BCUT2D eigenvalue weighted by Gasteiger charge is 2.17. The van der Waals surface area contributed by atoms with Crippen LogP contribution in [0.25, 0.3) is 0 Å². The van der Waals surface area contributed by atoms with E-state index in [2.05, 4.69) is 3.77 Å². The number of benzene rings is 3. The topological polar surface area (TPSA) is 46.5 Å². The van der Waals surface area contributed by atoms with Crippen LogP contribution in [0, 0.1) is 13.8 Å². The molecule has 25 heavy (non-hydrogen) atoms. The quantitative estimate of drug-likeness (QED) is 0.656. The van der Waals surface area contributed by atoms with Gasteiger partial charge in [-0.15, -0.1) is 3.77 Å². The van der Waals surface area contributed by atoms with E-state index in [-0.39, 0.29) is 4.90 Å². The minimum Gasteiger partial charge on any atom is -0.199 e. The Morgan fingerprint density at radius 2 is 1.36 bits per heavy atom. The molecule has 0 saturated carbocycles. The summed E-state index contributed by atoms with van der Waals surface area (Å²) in [7, 11) is -4.65. The molecule has 0 aliphatic heterocycles. The molecule has 3 aromatic rings. The zero-order valence-electron chi connectivity index (χ0n) is 14.1. The van der Waals surface area contributed by atoms with Crippen LogP contribution in [0.15, 0.2) is 97.3 Å². The Balaban J connectivity index is 2.19. The molecule has 0 radical (unpaired) electrons. The summed E-state index contributed by atoms with van der Waals surface area (Å²) < 4.78 is 30.0. The van der Waals surface area contributed by atoms with Crippen LogP contribution in [0.1, 0.15) is 11.1 Å². The van der Waals surface area contributed by atoms with Crippen LogP contribution in [-0.2, 0) is 20.7 Å². The van der Waals surface area contributed by atoms with Gasteiger partial charge in [0.15, 0.2) is 0 Å². The second kappa shape index (κ2) is 7.33. The Hall–Kier alpha value is -2.24. The molecule has 0 aliphatic rings. The molecule has 0 fully saturated rings. The SMILES string of the molecule is Cc1ccc(S(=O)(=O)N=[S@@](c2ccccc2)c2ccccc2C)cc1. The van der Waals surface area contributed by atoms with Gasteiger partial charge in [-0.25, -0.2) is 0 Å². The lowest BCUT2D eigenvalue weighted by atomic mass is 10.2. The van der Waals surface area contributed by atoms with E-state index in [1.54, 1.807) is 24.3 Å². The third-order valence-corrected chi connectivity index (χ3v) is 7.60. The van der Waals surface area contributed by atoms with Crippen molar-refractivity contribution in [3.63, 3.8) is 0 Å². The van der Waals surface area contributed by atoms with Gasteiger partial charge in [-0.05, 0) is 60.4 Å². The Labute approximate surface area is 151 Å². The highest BCUT2D eigenvalue weighted by atomic mass is 32.3. The van der Waals surface area contributed by atoms with Gasteiger partial charge in [-0.2, -0.15) is 8.42 Å². The van der Waals surface area contributed by atoms with Crippen LogP contribution in [0.5, 0.6) is 0 Å². The summed E-state index contributed by atoms with van der Waals surface area (Å²) >= 11 is 0. The number of hydrogen-bond acceptors (Lipinski definition) is 2. The van der Waals surface area contributed by atoms with Crippen molar-refractivity contribution in [1.82, 2.24) is 0 Å². The van der Waals surface area contributed by atoms with Gasteiger partial charge in [-0.3, -0.25) is 0 Å². The van der Waals surface area contributed by atoms with E-state index in [0.717, 1.165) is 20.9 Å². The summed E-state index contributed by atoms with van der Waals surface area (Å²) in [4.78, 5) is 2.02. The fourth-order valence-corrected chi connectivity index (χ4v) is 5.91. The molecule has 0 amide bonds. The van der Waals surface area contributed by atoms with Gasteiger partial charge < -0.3 is 0 Å². The fraction of sp³-hybridized carbons (Fsp3) is 0.100. The van der Waals surface area contributed by atoms with E-state index < -0.39 is 20.7 Å². The van der Waals surface area contributed by atoms with Crippen molar-refractivity contribution in [1.29, 1.82) is 0 Å². The van der Waals surface area contributed by atoms with Crippen molar-refractivity contribution in [2.24, 2.45) is 3.77 Å². The maximum atomic E-state index is 12.9. The van der Waals surface area contributed by atoms with Crippen molar-refractivity contribution in [3.8, 4) is 0 Å². The molecule has 0 aliphatic carbocycles. The first-order chi connectivity index (χ1) is 12.0. The second-order valence-electron chi connectivity index (χ2n) is 5.73. The van der Waals surface area contributed by atoms with E-state index in [4.69, 9.17) is 0 Å². The number of nitrogens with zero attached hydrogens (tertiary/aromatic N) is 1. The molecule has 128 valence electrons. The van der Waals surface area contributed by atoms with Crippen molar-refractivity contribution >= 4 is 20.7 Å². The molecular formula is C20H19NO2S2. The van der Waals surface area contributed by atoms with Crippen molar-refractivity contribution in [3.05, 3.63) is 90.0 Å². The van der Waals surface area contributed by atoms with Gasteiger partial charge in [0, 0.05) is 9.79 Å². The average molecular weight is 370 g/mol. The minimum absolute atomic E-state index is 0.222. The van der Waals surface area contributed by atoms with Crippen molar-refractivity contribution < 1.29 is 8.42 Å². The van der Waals surface area contributed by atoms with Crippen LogP contribution < -0.4 is 0 Å². The predicted octanol–water partition coefficient (Wildman–Crippen LogP) is 4.91. The first-order valence-corrected chi connectivity index (χ1v) is 10.5. The predicted molar refractivity (Wildman–Crippen MR) is 102 cm³/mol. The Bertz CT molecular complexity index is 1010. The third-order valence-electron chi connectivity index (χ3n) is 3.76. The highest BCUT2D eigenvalue weighted by Crippen LogP contribution is 2.25. The third kappa shape index (κ3) is 4.06. The molecule has 0 unspecified atom stereocenters. The van der Waals surface area contributed by atoms with Crippen LogP contribution in [0.3, 0.4) is 0 Å². The molecule has 3 nitrogen and oxygen atoms in total. The number of hydrogen-bond donors (Lipinski definition) is 0. The molecule has 0 spiro atoms. The van der Waals surface area contributed by atoms with Gasteiger partial charge >= 0.3 is 0 Å². The molecule has 0 bridgehead atoms. The van der Waals surface area contributed by atoms with Gasteiger partial charge in [0.25, 0.3) is 10.0 Å². The fourth-order valence-electron chi connectivity index (χ4n) is 2.38. The van der Waals surface area contributed by atoms with Crippen LogP contribution in [0.4, 0.5) is 0 Å². The van der Waals surface area contributed by atoms with E-state index in [0.29, 0.717) is 0 Å². The molecule has 0 N–H and O–H groups in total. The van der Waals surface area contributed by atoms with Crippen molar-refractivity contribution in [2.75, 3.05) is 0 Å². The summed E-state index contributed by atoms with van der Waals surface area (Å²) in [5.41, 5.74) is 2.04. The molecule has 0 saturated heterocycles. The summed E-state index contributed by atoms with van der Waals surface area (Å²) in [6.45, 7) is 3.90. The zero-order chi connectivity index (χ0) is 17.9. The number of rotatable bonds is 4. The van der Waals surface area contributed by atoms with Crippen LogP contribution >= 0.6 is 0 Å². The van der Waals surface area contributed by atoms with E-state index in [1.165, 1.54) is 0 Å². The second-order valence-corrected chi connectivity index (χ2v) is 9.22. The zero-order valence-corrected chi connectivity index (χ0v) is 15.7. The maximum absolute atomic E-state index is 12.9. The van der Waals surface area contributed by atoms with Crippen molar-refractivity contribution in [2.45, 2.75) is 28.5 Å².